The molecule has 1 aliphatic carbocycles. The molecule has 0 unspecified atom stereocenters. The van der Waals surface area contributed by atoms with Crippen LogP contribution in [0.4, 0.5) is 5.69 Å². The van der Waals surface area contributed by atoms with Crippen LogP contribution in [0.2, 0.25) is 0 Å². The molecule has 0 radical (unpaired) electrons. The zero-order valence-electron chi connectivity index (χ0n) is 15.5. The lowest BCUT2D eigenvalue weighted by molar-refractivity contribution is -0.151. The second-order valence-corrected chi connectivity index (χ2v) is 8.21. The predicted molar refractivity (Wildman–Crippen MR) is 105 cm³/mol. The number of benzene rings is 1. The fourth-order valence-electron chi connectivity index (χ4n) is 3.81. The first-order valence-corrected chi connectivity index (χ1v) is 10.3. The summed E-state index contributed by atoms with van der Waals surface area (Å²) in [5.74, 6) is -1.30. The van der Waals surface area contributed by atoms with Crippen molar-refractivity contribution in [3.05, 3.63) is 28.2 Å². The maximum atomic E-state index is 12.3. The highest BCUT2D eigenvalue weighted by atomic mass is 79.9. The van der Waals surface area contributed by atoms with E-state index in [9.17, 15) is 14.4 Å². The molecule has 146 valence electrons. The van der Waals surface area contributed by atoms with E-state index in [4.69, 9.17) is 4.74 Å². The average Bonchev–Trinajstić information content (AvgIpc) is 3.05. The Hall–Kier alpha value is -1.89. The normalized spacial score (nSPS) is 20.6. The molecule has 0 bridgehead atoms. The van der Waals surface area contributed by atoms with Crippen LogP contribution in [0.25, 0.3) is 0 Å². The Kier molecular flexibility index (Phi) is 6.52. The Morgan fingerprint density at radius 3 is 2.70 bits per heavy atom. The number of rotatable bonds is 5. The van der Waals surface area contributed by atoms with Gasteiger partial charge in [0.05, 0.1) is 5.92 Å². The van der Waals surface area contributed by atoms with Crippen LogP contribution in [-0.2, 0) is 19.1 Å². The minimum Gasteiger partial charge on any atom is -0.455 e. The molecule has 1 atom stereocenters. The van der Waals surface area contributed by atoms with Gasteiger partial charge < -0.3 is 15.0 Å². The van der Waals surface area contributed by atoms with Crippen LogP contribution in [0.1, 0.15) is 44.1 Å². The topological polar surface area (TPSA) is 75.7 Å². The number of aryl methyl sites for hydroxylation is 1. The van der Waals surface area contributed by atoms with E-state index in [-0.39, 0.29) is 25.0 Å². The second kappa shape index (κ2) is 8.87. The Morgan fingerprint density at radius 2 is 2.00 bits per heavy atom. The van der Waals surface area contributed by atoms with Gasteiger partial charge in [-0.1, -0.05) is 35.2 Å². The Labute approximate surface area is 167 Å². The van der Waals surface area contributed by atoms with E-state index in [2.05, 4.69) is 21.2 Å². The summed E-state index contributed by atoms with van der Waals surface area (Å²) < 4.78 is 6.12. The van der Waals surface area contributed by atoms with Crippen molar-refractivity contribution >= 4 is 39.4 Å². The van der Waals surface area contributed by atoms with Crippen molar-refractivity contribution < 1.29 is 19.1 Å². The maximum Gasteiger partial charge on any atom is 0.311 e. The number of nitrogens with zero attached hydrogens (tertiary/aromatic N) is 1. The molecule has 3 rings (SSSR count). The summed E-state index contributed by atoms with van der Waals surface area (Å²) in [5, 5.41) is 2.71. The molecular formula is C20H25BrN2O4. The first-order valence-electron chi connectivity index (χ1n) is 9.46. The molecule has 1 saturated carbocycles. The van der Waals surface area contributed by atoms with Crippen molar-refractivity contribution in [3.8, 4) is 0 Å². The zero-order valence-corrected chi connectivity index (χ0v) is 17.1. The molecule has 1 aliphatic heterocycles. The van der Waals surface area contributed by atoms with Crippen LogP contribution >= 0.6 is 15.9 Å². The first kappa shape index (κ1) is 19.9. The molecule has 1 aromatic carbocycles. The van der Waals surface area contributed by atoms with Gasteiger partial charge in [0.25, 0.3) is 5.91 Å². The number of carbonyl (C=O) groups excluding carboxylic acids is 3. The second-order valence-electron chi connectivity index (χ2n) is 7.36. The third-order valence-electron chi connectivity index (χ3n) is 5.29. The van der Waals surface area contributed by atoms with E-state index in [0.717, 1.165) is 35.7 Å². The molecule has 1 aromatic rings. The zero-order chi connectivity index (χ0) is 19.4. The summed E-state index contributed by atoms with van der Waals surface area (Å²) in [5.41, 5.74) is 1.65. The van der Waals surface area contributed by atoms with Crippen molar-refractivity contribution in [2.45, 2.75) is 51.5 Å². The Bertz CT molecular complexity index is 731. The number of hydrogen-bond acceptors (Lipinski definition) is 4. The lowest BCUT2D eigenvalue weighted by Crippen LogP contribution is -2.38. The van der Waals surface area contributed by atoms with Crippen LogP contribution in [0.5, 0.6) is 0 Å². The monoisotopic (exact) mass is 436 g/mol. The smallest absolute Gasteiger partial charge is 0.311 e. The summed E-state index contributed by atoms with van der Waals surface area (Å²) in [6.07, 6.45) is 5.71. The van der Waals surface area contributed by atoms with E-state index in [1.807, 2.05) is 24.0 Å². The van der Waals surface area contributed by atoms with Crippen LogP contribution in [0.3, 0.4) is 0 Å². The van der Waals surface area contributed by atoms with Crippen molar-refractivity contribution in [2.24, 2.45) is 5.92 Å². The quantitative estimate of drug-likeness (QED) is 0.717. The third-order valence-corrected chi connectivity index (χ3v) is 6.18. The van der Waals surface area contributed by atoms with Gasteiger partial charge in [-0.25, -0.2) is 0 Å². The molecule has 0 aromatic heterocycles. The Morgan fingerprint density at radius 1 is 1.26 bits per heavy atom. The average molecular weight is 437 g/mol. The number of ether oxygens (including phenoxy) is 1. The fraction of sp³-hybridized carbons (Fsp3) is 0.550. The van der Waals surface area contributed by atoms with E-state index < -0.39 is 17.8 Å². The molecule has 2 aliphatic rings. The summed E-state index contributed by atoms with van der Waals surface area (Å²) in [6, 6.07) is 5.71. The first-order chi connectivity index (χ1) is 12.9. The number of hydrogen-bond donors (Lipinski definition) is 1. The highest BCUT2D eigenvalue weighted by molar-refractivity contribution is 9.10. The molecule has 0 spiro atoms. The van der Waals surface area contributed by atoms with E-state index in [1.165, 1.54) is 6.42 Å². The minimum atomic E-state index is -0.470. The van der Waals surface area contributed by atoms with Gasteiger partial charge in [0, 0.05) is 29.2 Å². The lowest BCUT2D eigenvalue weighted by atomic mass is 9.94. The third kappa shape index (κ3) is 5.09. The van der Waals surface area contributed by atoms with Crippen LogP contribution in [0, 0.1) is 12.8 Å². The van der Waals surface area contributed by atoms with Gasteiger partial charge in [0.1, 0.15) is 0 Å². The number of likely N-dealkylation sites (tertiary alicyclic amines) is 1. The van der Waals surface area contributed by atoms with Gasteiger partial charge in [0.15, 0.2) is 6.61 Å². The molecule has 1 saturated heterocycles. The van der Waals surface area contributed by atoms with Crippen LogP contribution < -0.4 is 5.32 Å². The van der Waals surface area contributed by atoms with Crippen molar-refractivity contribution in [1.29, 1.82) is 0 Å². The minimum absolute atomic E-state index is 0.0265. The number of halogens is 1. The standard InChI is InChI=1S/C20H25BrN2O4/c1-13-9-15(7-8-17(13)21)22-18(24)12-27-20(26)14-10-19(25)23(11-14)16-5-3-2-4-6-16/h7-9,14,16H,2-6,10-12H2,1H3,(H,22,24)/t14-/m1/s1. The van der Waals surface area contributed by atoms with Gasteiger partial charge in [-0.15, -0.1) is 0 Å². The predicted octanol–water partition coefficient (Wildman–Crippen LogP) is 3.42. The summed E-state index contributed by atoms with van der Waals surface area (Å²) >= 11 is 3.41. The van der Waals surface area contributed by atoms with Gasteiger partial charge in [-0.2, -0.15) is 0 Å². The van der Waals surface area contributed by atoms with Crippen LogP contribution in [0.15, 0.2) is 22.7 Å². The van der Waals surface area contributed by atoms with E-state index >= 15 is 0 Å². The van der Waals surface area contributed by atoms with E-state index in [0.29, 0.717) is 12.2 Å². The number of esters is 1. The van der Waals surface area contributed by atoms with Gasteiger partial charge in [-0.3, -0.25) is 14.4 Å². The lowest BCUT2D eigenvalue weighted by Gasteiger charge is -2.31. The molecule has 2 amide bonds. The summed E-state index contributed by atoms with van der Waals surface area (Å²) in [7, 11) is 0. The fourth-order valence-corrected chi connectivity index (χ4v) is 4.06. The molecule has 6 nitrogen and oxygen atoms in total. The largest absolute Gasteiger partial charge is 0.455 e. The van der Waals surface area contributed by atoms with Crippen molar-refractivity contribution in [1.82, 2.24) is 4.90 Å². The Balaban J connectivity index is 1.46. The molecule has 1 heterocycles. The maximum absolute atomic E-state index is 12.3. The van der Waals surface area contributed by atoms with E-state index in [1.54, 1.807) is 6.07 Å². The molecular weight excluding hydrogens is 412 g/mol. The molecule has 2 fully saturated rings. The highest BCUT2D eigenvalue weighted by Crippen LogP contribution is 2.29. The van der Waals surface area contributed by atoms with Gasteiger partial charge in [-0.05, 0) is 43.5 Å². The summed E-state index contributed by atoms with van der Waals surface area (Å²) in [4.78, 5) is 38.4. The van der Waals surface area contributed by atoms with Crippen LogP contribution in [-0.4, -0.2) is 41.9 Å². The van der Waals surface area contributed by atoms with Crippen molar-refractivity contribution in [3.63, 3.8) is 0 Å². The molecule has 7 heteroatoms. The number of anilines is 1. The van der Waals surface area contributed by atoms with Crippen molar-refractivity contribution in [2.75, 3.05) is 18.5 Å². The molecule has 1 N–H and O–H groups in total. The summed E-state index contributed by atoms with van der Waals surface area (Å²) in [6.45, 7) is 1.99. The number of carbonyl (C=O) groups is 3. The highest BCUT2D eigenvalue weighted by Gasteiger charge is 2.39. The number of nitrogens with one attached hydrogen (secondary N) is 1. The van der Waals surface area contributed by atoms with Gasteiger partial charge in [0.2, 0.25) is 5.91 Å². The van der Waals surface area contributed by atoms with Gasteiger partial charge >= 0.3 is 5.97 Å². The molecule has 27 heavy (non-hydrogen) atoms. The SMILES string of the molecule is Cc1cc(NC(=O)COC(=O)[C@@H]2CC(=O)N(C3CCCCC3)C2)ccc1Br. The number of amides is 2.